The maximum absolute atomic E-state index is 4.52. The second-order valence-corrected chi connectivity index (χ2v) is 6.73. The third kappa shape index (κ3) is 6.28. The lowest BCUT2D eigenvalue weighted by molar-refractivity contribution is 0.555. The van der Waals surface area contributed by atoms with E-state index in [1.807, 2.05) is 41.6 Å². The van der Waals surface area contributed by atoms with Crippen molar-refractivity contribution in [3.8, 4) is 5.82 Å². The van der Waals surface area contributed by atoms with Gasteiger partial charge in [-0.1, -0.05) is 6.07 Å². The van der Waals surface area contributed by atoms with Crippen LogP contribution in [0.2, 0.25) is 0 Å². The molecule has 0 unspecified atom stereocenters. The molecule has 9 heteroatoms. The number of aromatic nitrogens is 5. The number of imidazole rings is 1. The van der Waals surface area contributed by atoms with Gasteiger partial charge in [-0.2, -0.15) is 5.10 Å². The molecule has 0 radical (unpaired) electrons. The lowest BCUT2D eigenvalue weighted by Gasteiger charge is -2.12. The monoisotopic (exact) mass is 508 g/mol. The second-order valence-electron chi connectivity index (χ2n) is 6.73. The molecule has 0 aliphatic carbocycles. The molecule has 3 rings (SSSR count). The van der Waals surface area contributed by atoms with E-state index in [4.69, 9.17) is 0 Å². The molecule has 29 heavy (non-hydrogen) atoms. The first-order chi connectivity index (χ1) is 13.6. The van der Waals surface area contributed by atoms with Crippen LogP contribution in [0.4, 0.5) is 0 Å². The van der Waals surface area contributed by atoms with Gasteiger partial charge in [0.05, 0.1) is 5.69 Å². The Morgan fingerprint density at radius 3 is 2.55 bits per heavy atom. The molecule has 3 aromatic rings. The van der Waals surface area contributed by atoms with Crippen molar-refractivity contribution in [3.05, 3.63) is 59.6 Å². The zero-order chi connectivity index (χ0) is 19.9. The minimum Gasteiger partial charge on any atom is -0.356 e. The van der Waals surface area contributed by atoms with Gasteiger partial charge in [0, 0.05) is 51.0 Å². The Hall–Kier alpha value is -2.43. The number of halogens is 1. The molecule has 0 saturated heterocycles. The van der Waals surface area contributed by atoms with E-state index in [1.165, 1.54) is 5.69 Å². The zero-order valence-corrected chi connectivity index (χ0v) is 19.7. The Balaban J connectivity index is 0.00000300. The van der Waals surface area contributed by atoms with Crippen molar-refractivity contribution in [1.29, 1.82) is 0 Å². The SMILES string of the molecule is CN=C(NCCCn1nc(C)cc1C)NCc1ccc(-n2ccnc2C)nc1.I. The van der Waals surface area contributed by atoms with Crippen molar-refractivity contribution in [2.75, 3.05) is 13.6 Å². The maximum Gasteiger partial charge on any atom is 0.191 e. The highest BCUT2D eigenvalue weighted by Crippen LogP contribution is 2.08. The largest absolute Gasteiger partial charge is 0.356 e. The number of rotatable bonds is 7. The van der Waals surface area contributed by atoms with E-state index in [0.29, 0.717) is 6.54 Å². The zero-order valence-electron chi connectivity index (χ0n) is 17.4. The van der Waals surface area contributed by atoms with E-state index in [-0.39, 0.29) is 24.0 Å². The number of pyridine rings is 1. The van der Waals surface area contributed by atoms with E-state index in [0.717, 1.165) is 48.4 Å². The number of hydrogen-bond acceptors (Lipinski definition) is 4. The second kappa shape index (κ2) is 10.9. The first-order valence-corrected chi connectivity index (χ1v) is 9.47. The standard InChI is InChI=1S/C20H28N8.HI/c1-15-12-16(2)28(26-15)10-5-8-23-20(21-4)25-14-18-6-7-19(24-13-18)27-11-9-22-17(27)3;/h6-7,9,11-13H,5,8,10,14H2,1-4H3,(H2,21,23,25);1H. The highest BCUT2D eigenvalue weighted by Gasteiger charge is 2.04. The molecule has 8 nitrogen and oxygen atoms in total. The van der Waals surface area contributed by atoms with E-state index in [1.54, 1.807) is 13.2 Å². The molecule has 0 fully saturated rings. The summed E-state index contributed by atoms with van der Waals surface area (Å²) in [6.45, 7) is 8.44. The molecule has 2 N–H and O–H groups in total. The number of aryl methyl sites for hydroxylation is 4. The normalized spacial score (nSPS) is 11.2. The minimum absolute atomic E-state index is 0. The number of hydrogen-bond donors (Lipinski definition) is 2. The number of guanidine groups is 1. The Morgan fingerprint density at radius 2 is 1.97 bits per heavy atom. The summed E-state index contributed by atoms with van der Waals surface area (Å²) in [5.74, 6) is 2.57. The quantitative estimate of drug-likeness (QED) is 0.222. The lowest BCUT2D eigenvalue weighted by Crippen LogP contribution is -2.37. The topological polar surface area (TPSA) is 85.0 Å². The first-order valence-electron chi connectivity index (χ1n) is 9.47. The molecular formula is C20H29IN8. The van der Waals surface area contributed by atoms with Crippen molar-refractivity contribution in [2.45, 2.75) is 40.3 Å². The Bertz CT molecular complexity index is 926. The van der Waals surface area contributed by atoms with Gasteiger partial charge in [-0.25, -0.2) is 9.97 Å². The van der Waals surface area contributed by atoms with Gasteiger partial charge < -0.3 is 10.6 Å². The van der Waals surface area contributed by atoms with E-state index < -0.39 is 0 Å². The third-order valence-corrected chi connectivity index (χ3v) is 4.51. The summed E-state index contributed by atoms with van der Waals surface area (Å²) in [5.41, 5.74) is 3.35. The van der Waals surface area contributed by atoms with Gasteiger partial charge in [-0.15, -0.1) is 24.0 Å². The molecule has 0 saturated carbocycles. The molecule has 0 aliphatic heterocycles. The fourth-order valence-corrected chi connectivity index (χ4v) is 3.03. The van der Waals surface area contributed by atoms with Crippen LogP contribution in [0, 0.1) is 20.8 Å². The summed E-state index contributed by atoms with van der Waals surface area (Å²) in [6, 6.07) is 6.16. The van der Waals surface area contributed by atoms with Crippen LogP contribution in [0.15, 0.2) is 41.8 Å². The molecule has 0 aliphatic rings. The van der Waals surface area contributed by atoms with Crippen molar-refractivity contribution in [2.24, 2.45) is 4.99 Å². The summed E-state index contributed by atoms with van der Waals surface area (Å²) in [4.78, 5) is 13.0. The Morgan fingerprint density at radius 1 is 1.14 bits per heavy atom. The molecule has 0 amide bonds. The summed E-state index contributed by atoms with van der Waals surface area (Å²) in [7, 11) is 1.78. The predicted molar refractivity (Wildman–Crippen MR) is 126 cm³/mol. The average molecular weight is 508 g/mol. The van der Waals surface area contributed by atoms with Gasteiger partial charge in [0.2, 0.25) is 0 Å². The van der Waals surface area contributed by atoms with Gasteiger partial charge in [-0.3, -0.25) is 14.2 Å². The van der Waals surface area contributed by atoms with E-state index >= 15 is 0 Å². The molecular weight excluding hydrogens is 479 g/mol. The van der Waals surface area contributed by atoms with Gasteiger partial charge >= 0.3 is 0 Å². The smallest absolute Gasteiger partial charge is 0.191 e. The van der Waals surface area contributed by atoms with Crippen LogP contribution in [0.3, 0.4) is 0 Å². The molecule has 0 atom stereocenters. The predicted octanol–water partition coefficient (Wildman–Crippen LogP) is 2.76. The van der Waals surface area contributed by atoms with Crippen molar-refractivity contribution in [3.63, 3.8) is 0 Å². The number of nitrogens with one attached hydrogen (secondary N) is 2. The fourth-order valence-electron chi connectivity index (χ4n) is 3.03. The minimum atomic E-state index is 0. The molecule has 156 valence electrons. The summed E-state index contributed by atoms with van der Waals surface area (Å²) < 4.78 is 4.00. The van der Waals surface area contributed by atoms with Crippen LogP contribution >= 0.6 is 24.0 Å². The van der Waals surface area contributed by atoms with Crippen molar-refractivity contribution >= 4 is 29.9 Å². The Kier molecular flexibility index (Phi) is 8.62. The van der Waals surface area contributed by atoms with Gasteiger partial charge in [-0.05, 0) is 44.9 Å². The third-order valence-electron chi connectivity index (χ3n) is 4.51. The summed E-state index contributed by atoms with van der Waals surface area (Å²) in [6.07, 6.45) is 6.53. The van der Waals surface area contributed by atoms with Crippen LogP contribution < -0.4 is 10.6 Å². The van der Waals surface area contributed by atoms with Crippen molar-refractivity contribution in [1.82, 2.24) is 34.9 Å². The molecule has 3 aromatic heterocycles. The van der Waals surface area contributed by atoms with Crippen LogP contribution in [-0.2, 0) is 13.1 Å². The summed E-state index contributed by atoms with van der Waals surface area (Å²) in [5, 5.41) is 11.1. The van der Waals surface area contributed by atoms with Crippen LogP contribution in [-0.4, -0.2) is 43.9 Å². The Labute approximate surface area is 188 Å². The number of nitrogens with zero attached hydrogens (tertiary/aromatic N) is 6. The van der Waals surface area contributed by atoms with Crippen LogP contribution in [0.25, 0.3) is 5.82 Å². The number of aliphatic imine (C=N–C) groups is 1. The van der Waals surface area contributed by atoms with E-state index in [9.17, 15) is 0 Å². The van der Waals surface area contributed by atoms with E-state index in [2.05, 4.69) is 49.7 Å². The molecule has 0 bridgehead atoms. The van der Waals surface area contributed by atoms with Crippen LogP contribution in [0.5, 0.6) is 0 Å². The van der Waals surface area contributed by atoms with Gasteiger partial charge in [0.1, 0.15) is 11.6 Å². The molecule has 0 spiro atoms. The average Bonchev–Trinajstić information content (AvgIpc) is 3.26. The van der Waals surface area contributed by atoms with Crippen LogP contribution in [0.1, 0.15) is 29.2 Å². The fraction of sp³-hybridized carbons (Fsp3) is 0.400. The highest BCUT2D eigenvalue weighted by molar-refractivity contribution is 14.0. The summed E-state index contributed by atoms with van der Waals surface area (Å²) >= 11 is 0. The van der Waals surface area contributed by atoms with Gasteiger partial charge in [0.15, 0.2) is 5.96 Å². The van der Waals surface area contributed by atoms with Gasteiger partial charge in [0.25, 0.3) is 0 Å². The first kappa shape index (κ1) is 22.9. The highest BCUT2D eigenvalue weighted by atomic mass is 127. The lowest BCUT2D eigenvalue weighted by atomic mass is 10.3. The van der Waals surface area contributed by atoms with Crippen molar-refractivity contribution < 1.29 is 0 Å². The molecule has 3 heterocycles. The maximum atomic E-state index is 4.52. The molecule has 0 aromatic carbocycles.